The van der Waals surface area contributed by atoms with Gasteiger partial charge in [0.25, 0.3) is 0 Å². The van der Waals surface area contributed by atoms with E-state index in [1.807, 2.05) is 0 Å². The van der Waals surface area contributed by atoms with Gasteiger partial charge in [-0.1, -0.05) is 6.92 Å². The molecule has 0 spiro atoms. The Kier molecular flexibility index (Phi) is 4.76. The summed E-state index contributed by atoms with van der Waals surface area (Å²) in [5.74, 6) is -5.72. The zero-order valence-electron chi connectivity index (χ0n) is 12.1. The van der Waals surface area contributed by atoms with Crippen molar-refractivity contribution in [1.29, 1.82) is 0 Å². The molecule has 20 heavy (non-hydrogen) atoms. The summed E-state index contributed by atoms with van der Waals surface area (Å²) in [6.45, 7) is 2.84. The topological polar surface area (TPSA) is 104 Å². The molecule has 2 bridgehead atoms. The number of carbonyl (C=O) groups excluding carboxylic acids is 3. The number of fused-ring (bicyclic) bond motifs is 3. The van der Waals surface area contributed by atoms with E-state index in [0.717, 1.165) is 7.11 Å². The van der Waals surface area contributed by atoms with Crippen molar-refractivity contribution in [1.82, 2.24) is 0 Å². The number of carbonyl (C=O) groups is 3. The maximum Gasteiger partial charge on any atom is 1.00 e. The minimum Gasteiger partial charge on any atom is -0.550 e. The monoisotopic (exact) mass is 292 g/mol. The van der Waals surface area contributed by atoms with Crippen LogP contribution < -0.4 is 34.7 Å². The molecule has 106 valence electrons. The number of methoxy groups -OCH3 is 1. The van der Waals surface area contributed by atoms with Crippen LogP contribution in [-0.2, 0) is 19.1 Å². The fourth-order valence-corrected chi connectivity index (χ4v) is 3.89. The third-order valence-electron chi connectivity index (χ3n) is 4.88. The van der Waals surface area contributed by atoms with Crippen molar-refractivity contribution in [3.8, 4) is 0 Å². The Morgan fingerprint density at radius 2 is 1.95 bits per heavy atom. The summed E-state index contributed by atoms with van der Waals surface area (Å²) in [6, 6.07) is 0. The van der Waals surface area contributed by atoms with E-state index in [2.05, 4.69) is 4.74 Å². The summed E-state index contributed by atoms with van der Waals surface area (Å²) in [5.41, 5.74) is -2.95. The molecular weight excluding hydrogens is 275 g/mol. The van der Waals surface area contributed by atoms with Crippen LogP contribution in [0.5, 0.6) is 0 Å². The predicted molar refractivity (Wildman–Crippen MR) is 60.5 cm³/mol. The molecule has 0 amide bonds. The van der Waals surface area contributed by atoms with Crippen LogP contribution >= 0.6 is 0 Å². The Morgan fingerprint density at radius 1 is 1.40 bits per heavy atom. The molecule has 0 saturated heterocycles. The van der Waals surface area contributed by atoms with E-state index in [0.29, 0.717) is 12.8 Å². The fourth-order valence-electron chi connectivity index (χ4n) is 3.89. The van der Waals surface area contributed by atoms with Gasteiger partial charge in [-0.2, -0.15) is 0 Å². The van der Waals surface area contributed by atoms with Crippen molar-refractivity contribution < 1.29 is 58.9 Å². The number of carboxylic acids is 1. The molecule has 0 aromatic carbocycles. The Balaban J connectivity index is 0.00000200. The van der Waals surface area contributed by atoms with Gasteiger partial charge in [-0.25, -0.2) is 0 Å². The third-order valence-corrected chi connectivity index (χ3v) is 4.88. The van der Waals surface area contributed by atoms with Crippen LogP contribution in [0.25, 0.3) is 0 Å². The Hall–Kier alpha value is -0.430. The zero-order chi connectivity index (χ0) is 14.6. The molecule has 3 rings (SSSR count). The maximum atomic E-state index is 12.4. The second-order valence-electron chi connectivity index (χ2n) is 5.88. The smallest absolute Gasteiger partial charge is 0.550 e. The number of aliphatic hydroxyl groups is 1. The van der Waals surface area contributed by atoms with E-state index >= 15 is 0 Å². The van der Waals surface area contributed by atoms with Gasteiger partial charge in [-0.15, -0.1) is 0 Å². The number of ether oxygens (including phenoxy) is 1. The molecule has 0 radical (unpaired) electrons. The molecule has 0 aromatic heterocycles. The first-order valence-electron chi connectivity index (χ1n) is 6.24. The van der Waals surface area contributed by atoms with Crippen LogP contribution in [0.15, 0.2) is 0 Å². The molecule has 3 aliphatic carbocycles. The average molecular weight is 292 g/mol. The first-order valence-corrected chi connectivity index (χ1v) is 6.24. The van der Waals surface area contributed by atoms with E-state index in [9.17, 15) is 24.6 Å². The first kappa shape index (κ1) is 17.6. The minimum absolute atomic E-state index is 0. The fraction of sp³-hybridized carbons (Fsp3) is 0.769. The van der Waals surface area contributed by atoms with Crippen molar-refractivity contribution >= 4 is 17.7 Å². The molecule has 0 heterocycles. The van der Waals surface area contributed by atoms with Gasteiger partial charge in [0, 0.05) is 23.2 Å². The maximum absolute atomic E-state index is 12.4. The molecule has 3 saturated carbocycles. The molecule has 6 nitrogen and oxygen atoms in total. The third kappa shape index (κ3) is 2.13. The van der Waals surface area contributed by atoms with E-state index in [1.54, 1.807) is 0 Å². The summed E-state index contributed by atoms with van der Waals surface area (Å²) >= 11 is 0. The molecule has 5 atom stereocenters. The number of aliphatic carboxylic acids is 1. The summed E-state index contributed by atoms with van der Waals surface area (Å²) in [6.07, 6.45) is 0.748. The number of rotatable bonds is 2. The number of carboxylic acid groups (broad SMARTS) is 1. The number of hydrogen-bond donors (Lipinski definition) is 1. The van der Waals surface area contributed by atoms with Crippen LogP contribution in [0.3, 0.4) is 0 Å². The van der Waals surface area contributed by atoms with Crippen LogP contribution in [0.2, 0.25) is 0 Å². The molecule has 0 aliphatic heterocycles. The van der Waals surface area contributed by atoms with Crippen molar-refractivity contribution in [3.05, 3.63) is 0 Å². The van der Waals surface area contributed by atoms with Crippen molar-refractivity contribution in [2.45, 2.75) is 32.3 Å². The summed E-state index contributed by atoms with van der Waals surface area (Å²) < 4.78 is 4.64. The molecule has 3 aliphatic rings. The average Bonchev–Trinajstić information content (AvgIpc) is 2.34. The number of esters is 1. The number of ketones is 1. The van der Waals surface area contributed by atoms with Crippen molar-refractivity contribution in [3.63, 3.8) is 0 Å². The molecule has 1 N–H and O–H groups in total. The minimum atomic E-state index is -1.73. The van der Waals surface area contributed by atoms with Crippen LogP contribution in [0.1, 0.15) is 26.7 Å². The Morgan fingerprint density at radius 3 is 2.40 bits per heavy atom. The summed E-state index contributed by atoms with van der Waals surface area (Å²) in [7, 11) is 1.16. The van der Waals surface area contributed by atoms with E-state index in [4.69, 9.17) is 0 Å². The van der Waals surface area contributed by atoms with Gasteiger partial charge in [0.1, 0.15) is 5.60 Å². The Bertz CT molecular complexity index is 460. The van der Waals surface area contributed by atoms with E-state index in [1.165, 1.54) is 13.8 Å². The van der Waals surface area contributed by atoms with Gasteiger partial charge in [0.05, 0.1) is 13.0 Å². The summed E-state index contributed by atoms with van der Waals surface area (Å²) in [4.78, 5) is 35.6. The van der Waals surface area contributed by atoms with Gasteiger partial charge in [0.15, 0.2) is 5.78 Å². The normalized spacial score (nSPS) is 42.8. The van der Waals surface area contributed by atoms with Gasteiger partial charge in [0.2, 0.25) is 0 Å². The molecule has 3 fully saturated rings. The number of Topliss-reactive ketones (excluding diaryl/α,β-unsaturated/α-hetero) is 1. The molecular formula is C13H17NaO6. The van der Waals surface area contributed by atoms with E-state index < -0.39 is 46.5 Å². The number of hydrogen-bond acceptors (Lipinski definition) is 6. The first-order chi connectivity index (χ1) is 8.67. The van der Waals surface area contributed by atoms with Gasteiger partial charge < -0.3 is 19.7 Å². The standard InChI is InChI=1S/C13H18O6.Na/c1-12-5-4-6(13(2,18)11(12)17)7(9(14)15)8(12)10(16)19-3;/h6-8,18H,4-5H2,1-3H3,(H,14,15);/q;+1/p-1. The molecule has 7 heteroatoms. The van der Waals surface area contributed by atoms with Crippen LogP contribution in [-0.4, -0.2) is 35.5 Å². The van der Waals surface area contributed by atoms with Crippen LogP contribution in [0.4, 0.5) is 0 Å². The Labute approximate surface area is 139 Å². The largest absolute Gasteiger partial charge is 1.00 e. The quantitative estimate of drug-likeness (QED) is 0.410. The van der Waals surface area contributed by atoms with Gasteiger partial charge in [-0.05, 0) is 19.8 Å². The van der Waals surface area contributed by atoms with E-state index in [-0.39, 0.29) is 29.6 Å². The second kappa shape index (κ2) is 5.40. The summed E-state index contributed by atoms with van der Waals surface area (Å²) in [5, 5.41) is 21.7. The molecule has 5 unspecified atom stereocenters. The van der Waals surface area contributed by atoms with Crippen LogP contribution in [0, 0.1) is 23.2 Å². The van der Waals surface area contributed by atoms with Crippen molar-refractivity contribution in [2.24, 2.45) is 23.2 Å². The molecule has 0 aromatic rings. The zero-order valence-corrected chi connectivity index (χ0v) is 14.1. The SMILES string of the molecule is COC(=O)C1C(C(=O)[O-])C2CCC1(C)C(=O)C2(C)O.[Na+]. The van der Waals surface area contributed by atoms with Crippen molar-refractivity contribution in [2.75, 3.05) is 7.11 Å². The predicted octanol–water partition coefficient (Wildman–Crippen LogP) is -4.10. The second-order valence-corrected chi connectivity index (χ2v) is 5.88. The van der Waals surface area contributed by atoms with Gasteiger partial charge in [-0.3, -0.25) is 9.59 Å². The van der Waals surface area contributed by atoms with Gasteiger partial charge >= 0.3 is 35.5 Å².